The quantitative estimate of drug-likeness (QED) is 0.923. The van der Waals surface area contributed by atoms with Crippen LogP contribution in [0.25, 0.3) is 11.3 Å². The van der Waals surface area contributed by atoms with Gasteiger partial charge in [-0.25, -0.2) is 14.4 Å². The Morgan fingerprint density at radius 3 is 2.63 bits per heavy atom. The largest absolute Gasteiger partial charge is 0.370 e. The standard InChI is InChI=1S/C14H15ClFN3/c1-4-17-14-8(2)13(18-9(3)19-14)11-6-5-10(16)7-12(11)15/h5-7H,4H2,1-3H3,(H,17,18,19). The lowest BCUT2D eigenvalue weighted by atomic mass is 10.1. The van der Waals surface area contributed by atoms with E-state index < -0.39 is 0 Å². The number of rotatable bonds is 3. The van der Waals surface area contributed by atoms with E-state index in [4.69, 9.17) is 11.6 Å². The summed E-state index contributed by atoms with van der Waals surface area (Å²) < 4.78 is 13.1. The Morgan fingerprint density at radius 2 is 2.00 bits per heavy atom. The maximum atomic E-state index is 13.1. The van der Waals surface area contributed by atoms with Crippen molar-refractivity contribution in [2.75, 3.05) is 11.9 Å². The molecule has 0 saturated carbocycles. The molecule has 3 nitrogen and oxygen atoms in total. The van der Waals surface area contributed by atoms with Gasteiger partial charge < -0.3 is 5.32 Å². The molecule has 0 radical (unpaired) electrons. The van der Waals surface area contributed by atoms with Crippen molar-refractivity contribution in [1.29, 1.82) is 0 Å². The lowest BCUT2D eigenvalue weighted by Crippen LogP contribution is -2.06. The Balaban J connectivity index is 2.61. The minimum Gasteiger partial charge on any atom is -0.370 e. The molecule has 0 aliphatic heterocycles. The Bertz CT molecular complexity index is 614. The van der Waals surface area contributed by atoms with Crippen LogP contribution in [0, 0.1) is 19.7 Å². The molecule has 1 N–H and O–H groups in total. The zero-order chi connectivity index (χ0) is 14.0. The van der Waals surface area contributed by atoms with E-state index in [2.05, 4.69) is 15.3 Å². The smallest absolute Gasteiger partial charge is 0.133 e. The van der Waals surface area contributed by atoms with E-state index in [9.17, 15) is 4.39 Å². The first-order valence-corrected chi connectivity index (χ1v) is 6.45. The number of anilines is 1. The summed E-state index contributed by atoms with van der Waals surface area (Å²) >= 11 is 6.10. The van der Waals surface area contributed by atoms with Crippen LogP contribution in [0.4, 0.5) is 10.2 Å². The normalized spacial score (nSPS) is 10.6. The molecule has 1 aromatic carbocycles. The third kappa shape index (κ3) is 2.84. The first-order valence-electron chi connectivity index (χ1n) is 6.07. The minimum atomic E-state index is -0.357. The van der Waals surface area contributed by atoms with Gasteiger partial charge in [0.25, 0.3) is 0 Å². The van der Waals surface area contributed by atoms with E-state index >= 15 is 0 Å². The van der Waals surface area contributed by atoms with Crippen LogP contribution in [0.2, 0.25) is 5.02 Å². The molecule has 5 heteroatoms. The Kier molecular flexibility index (Phi) is 4.00. The second-order valence-corrected chi connectivity index (χ2v) is 4.65. The monoisotopic (exact) mass is 279 g/mol. The molecular formula is C14H15ClFN3. The summed E-state index contributed by atoms with van der Waals surface area (Å²) in [5, 5.41) is 3.54. The number of benzene rings is 1. The number of hydrogen-bond acceptors (Lipinski definition) is 3. The number of aryl methyl sites for hydroxylation is 1. The summed E-state index contributed by atoms with van der Waals surface area (Å²) in [6, 6.07) is 4.31. The molecule has 0 aliphatic carbocycles. The van der Waals surface area contributed by atoms with Crippen molar-refractivity contribution >= 4 is 17.4 Å². The van der Waals surface area contributed by atoms with E-state index in [-0.39, 0.29) is 5.82 Å². The molecule has 2 aromatic rings. The highest BCUT2D eigenvalue weighted by Gasteiger charge is 2.13. The van der Waals surface area contributed by atoms with E-state index in [1.807, 2.05) is 20.8 Å². The van der Waals surface area contributed by atoms with Crippen LogP contribution in [-0.4, -0.2) is 16.5 Å². The molecule has 2 rings (SSSR count). The van der Waals surface area contributed by atoms with Gasteiger partial charge in [-0.05, 0) is 39.0 Å². The lowest BCUT2D eigenvalue weighted by Gasteiger charge is -2.13. The van der Waals surface area contributed by atoms with Crippen LogP contribution in [0.1, 0.15) is 18.3 Å². The predicted molar refractivity (Wildman–Crippen MR) is 76.1 cm³/mol. The predicted octanol–water partition coefficient (Wildman–Crippen LogP) is 3.98. The lowest BCUT2D eigenvalue weighted by molar-refractivity contribution is 0.628. The average Bonchev–Trinajstić information content (AvgIpc) is 2.34. The van der Waals surface area contributed by atoms with Crippen molar-refractivity contribution in [3.63, 3.8) is 0 Å². The first kappa shape index (κ1) is 13.7. The molecule has 0 aliphatic rings. The second kappa shape index (κ2) is 5.53. The van der Waals surface area contributed by atoms with Crippen LogP contribution >= 0.6 is 11.6 Å². The molecule has 1 heterocycles. The van der Waals surface area contributed by atoms with Crippen molar-refractivity contribution in [1.82, 2.24) is 9.97 Å². The van der Waals surface area contributed by atoms with Gasteiger partial charge in [-0.2, -0.15) is 0 Å². The number of nitrogens with zero attached hydrogens (tertiary/aromatic N) is 2. The van der Waals surface area contributed by atoms with Crippen LogP contribution < -0.4 is 5.32 Å². The zero-order valence-corrected chi connectivity index (χ0v) is 11.8. The van der Waals surface area contributed by atoms with Gasteiger partial charge >= 0.3 is 0 Å². The third-order valence-electron chi connectivity index (χ3n) is 2.79. The van der Waals surface area contributed by atoms with Gasteiger partial charge in [0.05, 0.1) is 10.7 Å². The SMILES string of the molecule is CCNc1nc(C)nc(-c2ccc(F)cc2Cl)c1C. The van der Waals surface area contributed by atoms with E-state index in [0.717, 1.165) is 23.6 Å². The zero-order valence-electron chi connectivity index (χ0n) is 11.1. The topological polar surface area (TPSA) is 37.8 Å². The maximum Gasteiger partial charge on any atom is 0.133 e. The second-order valence-electron chi connectivity index (χ2n) is 4.25. The highest BCUT2D eigenvalue weighted by molar-refractivity contribution is 6.33. The third-order valence-corrected chi connectivity index (χ3v) is 3.10. The van der Waals surface area contributed by atoms with Crippen molar-refractivity contribution < 1.29 is 4.39 Å². The summed E-state index contributed by atoms with van der Waals surface area (Å²) in [7, 11) is 0. The first-order chi connectivity index (χ1) is 9.02. The van der Waals surface area contributed by atoms with Crippen molar-refractivity contribution in [2.24, 2.45) is 0 Å². The van der Waals surface area contributed by atoms with Crippen molar-refractivity contribution in [3.8, 4) is 11.3 Å². The molecule has 0 unspecified atom stereocenters. The van der Waals surface area contributed by atoms with Crippen molar-refractivity contribution in [3.05, 3.63) is 40.4 Å². The summed E-state index contributed by atoms with van der Waals surface area (Å²) in [5.41, 5.74) is 2.35. The molecule has 0 saturated heterocycles. The van der Waals surface area contributed by atoms with Gasteiger partial charge in [0, 0.05) is 17.7 Å². The fourth-order valence-electron chi connectivity index (χ4n) is 1.91. The molecule has 0 atom stereocenters. The number of nitrogens with one attached hydrogen (secondary N) is 1. The van der Waals surface area contributed by atoms with E-state index in [1.54, 1.807) is 6.07 Å². The van der Waals surface area contributed by atoms with Gasteiger partial charge in [0.1, 0.15) is 17.5 Å². The van der Waals surface area contributed by atoms with Crippen molar-refractivity contribution in [2.45, 2.75) is 20.8 Å². The van der Waals surface area contributed by atoms with Gasteiger partial charge in [0.15, 0.2) is 0 Å². The number of aromatic nitrogens is 2. The van der Waals surface area contributed by atoms with Gasteiger partial charge in [0.2, 0.25) is 0 Å². The van der Waals surface area contributed by atoms with E-state index in [1.165, 1.54) is 12.1 Å². The van der Waals surface area contributed by atoms with E-state index in [0.29, 0.717) is 16.4 Å². The molecule has 0 amide bonds. The molecule has 1 aromatic heterocycles. The Morgan fingerprint density at radius 1 is 1.26 bits per heavy atom. The summed E-state index contributed by atoms with van der Waals surface area (Å²) in [4.78, 5) is 8.77. The number of hydrogen-bond donors (Lipinski definition) is 1. The van der Waals surface area contributed by atoms with Gasteiger partial charge in [-0.3, -0.25) is 0 Å². The molecule has 19 heavy (non-hydrogen) atoms. The molecule has 0 bridgehead atoms. The van der Waals surface area contributed by atoms with Gasteiger partial charge in [-0.1, -0.05) is 11.6 Å². The Hall–Kier alpha value is -1.68. The minimum absolute atomic E-state index is 0.351. The summed E-state index contributed by atoms with van der Waals surface area (Å²) in [6.07, 6.45) is 0. The fraction of sp³-hybridized carbons (Fsp3) is 0.286. The number of halogens is 2. The fourth-order valence-corrected chi connectivity index (χ4v) is 2.17. The maximum absolute atomic E-state index is 13.1. The van der Waals surface area contributed by atoms with Crippen LogP contribution in [-0.2, 0) is 0 Å². The molecule has 100 valence electrons. The highest BCUT2D eigenvalue weighted by Crippen LogP contribution is 2.31. The molecular weight excluding hydrogens is 265 g/mol. The Labute approximate surface area is 116 Å². The van der Waals surface area contributed by atoms with Crippen LogP contribution in [0.15, 0.2) is 18.2 Å². The average molecular weight is 280 g/mol. The van der Waals surface area contributed by atoms with Crippen LogP contribution in [0.5, 0.6) is 0 Å². The molecule has 0 spiro atoms. The summed E-state index contributed by atoms with van der Waals surface area (Å²) in [5.74, 6) is 1.08. The van der Waals surface area contributed by atoms with Crippen LogP contribution in [0.3, 0.4) is 0 Å². The summed E-state index contributed by atoms with van der Waals surface area (Å²) in [6.45, 7) is 6.52. The molecule has 0 fully saturated rings. The highest BCUT2D eigenvalue weighted by atomic mass is 35.5. The van der Waals surface area contributed by atoms with Gasteiger partial charge in [-0.15, -0.1) is 0 Å².